The summed E-state index contributed by atoms with van der Waals surface area (Å²) >= 11 is 0. The lowest BCUT2D eigenvalue weighted by Crippen LogP contribution is -2.14. The summed E-state index contributed by atoms with van der Waals surface area (Å²) in [4.78, 5) is 8.07. The molecule has 0 atom stereocenters. The number of ether oxygens (including phenoxy) is 1. The maximum atomic E-state index is 14.4. The summed E-state index contributed by atoms with van der Waals surface area (Å²) in [5, 5.41) is 0. The van der Waals surface area contributed by atoms with E-state index in [9.17, 15) is 4.39 Å². The Kier molecular flexibility index (Phi) is 5.79. The van der Waals surface area contributed by atoms with Crippen molar-refractivity contribution in [2.75, 3.05) is 32.6 Å². The smallest absolute Gasteiger partial charge is 0.150 e. The minimum absolute atomic E-state index is 0.336. The predicted molar refractivity (Wildman–Crippen MR) is 98.7 cm³/mol. The Morgan fingerprint density at radius 3 is 2.42 bits per heavy atom. The number of nitrogens with zero attached hydrogens (tertiary/aromatic N) is 3. The normalized spacial score (nSPS) is 10.9. The summed E-state index contributed by atoms with van der Waals surface area (Å²) in [5.41, 5.74) is 3.07. The molecule has 2 aromatic carbocycles. The average molecular weight is 329 g/mol. The zero-order valence-electron chi connectivity index (χ0n) is 14.9. The fraction of sp³-hybridized carbons (Fsp3) is 0.316. The Morgan fingerprint density at radius 2 is 1.83 bits per heavy atom. The van der Waals surface area contributed by atoms with Gasteiger partial charge in [0.05, 0.1) is 13.4 Å². The van der Waals surface area contributed by atoms with Gasteiger partial charge in [0.1, 0.15) is 11.4 Å². The molecule has 0 amide bonds. The number of rotatable bonds is 6. The van der Waals surface area contributed by atoms with Crippen LogP contribution in [0.2, 0.25) is 0 Å². The van der Waals surface area contributed by atoms with Crippen molar-refractivity contribution < 1.29 is 9.13 Å². The highest BCUT2D eigenvalue weighted by Crippen LogP contribution is 2.32. The minimum atomic E-state index is -0.336. The van der Waals surface area contributed by atoms with Crippen LogP contribution in [-0.2, 0) is 0 Å². The monoisotopic (exact) mass is 329 g/mol. The molecule has 128 valence electrons. The quantitative estimate of drug-likeness (QED) is 0.576. The molecule has 0 heterocycles. The van der Waals surface area contributed by atoms with Crippen LogP contribution in [0.15, 0.2) is 41.4 Å². The molecule has 0 saturated heterocycles. The van der Waals surface area contributed by atoms with Gasteiger partial charge in [0.15, 0.2) is 5.82 Å². The summed E-state index contributed by atoms with van der Waals surface area (Å²) in [6.07, 6.45) is 1.64. The molecule has 0 aliphatic heterocycles. The molecule has 0 aliphatic rings. The van der Waals surface area contributed by atoms with E-state index in [0.717, 1.165) is 29.2 Å². The van der Waals surface area contributed by atoms with Crippen LogP contribution in [0, 0.1) is 12.7 Å². The van der Waals surface area contributed by atoms with E-state index in [1.807, 2.05) is 62.0 Å². The molecule has 5 heteroatoms. The second kappa shape index (κ2) is 7.81. The molecule has 0 bridgehead atoms. The SMILES string of the molecule is CCN(C)/C=N/c1cc(C)c(N(C)c2ccc(OC)cc2)cc1F. The standard InChI is InChI=1S/C19H24FN3O/c1-6-22(3)13-21-18-11-14(2)19(12-17(18)20)23(4)15-7-9-16(24-5)10-8-15/h7-13H,6H2,1-5H3/b21-13+. The molecule has 2 rings (SSSR count). The van der Waals surface area contributed by atoms with E-state index in [1.165, 1.54) is 6.07 Å². The van der Waals surface area contributed by atoms with Gasteiger partial charge in [-0.2, -0.15) is 0 Å². The van der Waals surface area contributed by atoms with E-state index in [-0.39, 0.29) is 5.82 Å². The number of hydrogen-bond acceptors (Lipinski definition) is 3. The van der Waals surface area contributed by atoms with Crippen molar-refractivity contribution in [1.82, 2.24) is 4.90 Å². The highest BCUT2D eigenvalue weighted by Gasteiger charge is 2.12. The third-order valence-electron chi connectivity index (χ3n) is 3.98. The highest BCUT2D eigenvalue weighted by molar-refractivity contribution is 5.70. The Morgan fingerprint density at radius 1 is 1.17 bits per heavy atom. The molecule has 0 saturated carbocycles. The summed E-state index contributed by atoms with van der Waals surface area (Å²) in [6.45, 7) is 4.79. The van der Waals surface area contributed by atoms with E-state index in [2.05, 4.69) is 4.99 Å². The number of aryl methyl sites for hydroxylation is 1. The van der Waals surface area contributed by atoms with Gasteiger partial charge < -0.3 is 14.5 Å². The Balaban J connectivity index is 2.30. The first kappa shape index (κ1) is 17.8. The van der Waals surface area contributed by atoms with Crippen molar-refractivity contribution in [2.45, 2.75) is 13.8 Å². The van der Waals surface area contributed by atoms with Gasteiger partial charge in [0.25, 0.3) is 0 Å². The number of benzene rings is 2. The fourth-order valence-corrected chi connectivity index (χ4v) is 2.30. The van der Waals surface area contributed by atoms with Gasteiger partial charge in [-0.05, 0) is 49.7 Å². The molecular formula is C19H24FN3O. The number of methoxy groups -OCH3 is 1. The van der Waals surface area contributed by atoms with E-state index in [4.69, 9.17) is 4.74 Å². The third-order valence-corrected chi connectivity index (χ3v) is 3.98. The Labute approximate surface area is 143 Å². The largest absolute Gasteiger partial charge is 0.497 e. The maximum absolute atomic E-state index is 14.4. The first-order valence-electron chi connectivity index (χ1n) is 7.88. The first-order chi connectivity index (χ1) is 11.5. The van der Waals surface area contributed by atoms with E-state index in [1.54, 1.807) is 19.5 Å². The van der Waals surface area contributed by atoms with Gasteiger partial charge in [0.2, 0.25) is 0 Å². The van der Waals surface area contributed by atoms with Crippen molar-refractivity contribution in [3.05, 3.63) is 47.8 Å². The molecule has 0 spiro atoms. The van der Waals surface area contributed by atoms with Gasteiger partial charge in [-0.3, -0.25) is 0 Å². The fourth-order valence-electron chi connectivity index (χ4n) is 2.30. The van der Waals surface area contributed by atoms with Crippen LogP contribution in [-0.4, -0.2) is 39.0 Å². The summed E-state index contributed by atoms with van der Waals surface area (Å²) in [6, 6.07) is 11.0. The minimum Gasteiger partial charge on any atom is -0.497 e. The molecule has 0 unspecified atom stereocenters. The third kappa shape index (κ3) is 4.04. The highest BCUT2D eigenvalue weighted by atomic mass is 19.1. The topological polar surface area (TPSA) is 28.1 Å². The Hall–Kier alpha value is -2.56. The molecule has 2 aromatic rings. The van der Waals surface area contributed by atoms with Crippen LogP contribution in [0.25, 0.3) is 0 Å². The van der Waals surface area contributed by atoms with Crippen LogP contribution in [0.1, 0.15) is 12.5 Å². The van der Waals surface area contributed by atoms with Crippen molar-refractivity contribution in [3.8, 4) is 5.75 Å². The molecule has 0 N–H and O–H groups in total. The lowest BCUT2D eigenvalue weighted by molar-refractivity contribution is 0.415. The number of hydrogen-bond donors (Lipinski definition) is 0. The average Bonchev–Trinajstić information content (AvgIpc) is 2.61. The second-order valence-corrected chi connectivity index (χ2v) is 5.66. The second-order valence-electron chi connectivity index (χ2n) is 5.66. The first-order valence-corrected chi connectivity index (χ1v) is 7.88. The molecule has 0 fully saturated rings. The van der Waals surface area contributed by atoms with Crippen molar-refractivity contribution in [2.24, 2.45) is 4.99 Å². The van der Waals surface area contributed by atoms with E-state index >= 15 is 0 Å². The van der Waals surface area contributed by atoms with Crippen LogP contribution in [0.5, 0.6) is 5.75 Å². The van der Waals surface area contributed by atoms with Gasteiger partial charge in [-0.25, -0.2) is 9.38 Å². The van der Waals surface area contributed by atoms with Crippen LogP contribution in [0.4, 0.5) is 21.5 Å². The van der Waals surface area contributed by atoms with Crippen molar-refractivity contribution in [3.63, 3.8) is 0 Å². The Bertz CT molecular complexity index is 713. The summed E-state index contributed by atoms with van der Waals surface area (Å²) < 4.78 is 19.6. The summed E-state index contributed by atoms with van der Waals surface area (Å²) in [5.74, 6) is 0.455. The van der Waals surface area contributed by atoms with Crippen LogP contribution in [0.3, 0.4) is 0 Å². The van der Waals surface area contributed by atoms with E-state index in [0.29, 0.717) is 5.69 Å². The van der Waals surface area contributed by atoms with E-state index < -0.39 is 0 Å². The number of anilines is 2. The molecule has 0 radical (unpaired) electrons. The van der Waals surface area contributed by atoms with Gasteiger partial charge in [-0.1, -0.05) is 0 Å². The molecule has 24 heavy (non-hydrogen) atoms. The molecule has 0 aliphatic carbocycles. The number of halogens is 1. The summed E-state index contributed by atoms with van der Waals surface area (Å²) in [7, 11) is 5.45. The zero-order chi connectivity index (χ0) is 17.7. The maximum Gasteiger partial charge on any atom is 0.150 e. The van der Waals surface area contributed by atoms with Crippen LogP contribution < -0.4 is 9.64 Å². The van der Waals surface area contributed by atoms with Crippen LogP contribution >= 0.6 is 0 Å². The van der Waals surface area contributed by atoms with Crippen molar-refractivity contribution >= 4 is 23.4 Å². The van der Waals surface area contributed by atoms with Gasteiger partial charge in [-0.15, -0.1) is 0 Å². The predicted octanol–water partition coefficient (Wildman–Crippen LogP) is 4.52. The van der Waals surface area contributed by atoms with Gasteiger partial charge in [0, 0.05) is 38.1 Å². The molecular weight excluding hydrogens is 305 g/mol. The van der Waals surface area contributed by atoms with Gasteiger partial charge >= 0.3 is 0 Å². The lowest BCUT2D eigenvalue weighted by atomic mass is 10.1. The molecule has 4 nitrogen and oxygen atoms in total. The van der Waals surface area contributed by atoms with Crippen molar-refractivity contribution in [1.29, 1.82) is 0 Å². The zero-order valence-corrected chi connectivity index (χ0v) is 14.9. The lowest BCUT2D eigenvalue weighted by Gasteiger charge is -2.22. The number of aliphatic imine (C=N–C) groups is 1. The molecule has 0 aromatic heterocycles.